The lowest BCUT2D eigenvalue weighted by atomic mass is 9.94. The van der Waals surface area contributed by atoms with Gasteiger partial charge in [0.2, 0.25) is 0 Å². The van der Waals surface area contributed by atoms with Gasteiger partial charge in [0.1, 0.15) is 0 Å². The third-order valence-electron chi connectivity index (χ3n) is 3.29. The van der Waals surface area contributed by atoms with Crippen LogP contribution in [0.2, 0.25) is 0 Å². The van der Waals surface area contributed by atoms with E-state index in [1.54, 1.807) is 6.07 Å². The van der Waals surface area contributed by atoms with E-state index in [1.165, 1.54) is 12.3 Å². The molecule has 0 unspecified atom stereocenters. The number of sulfonamides is 1. The van der Waals surface area contributed by atoms with E-state index in [9.17, 15) is 8.42 Å². The van der Waals surface area contributed by atoms with Gasteiger partial charge in [0, 0.05) is 31.5 Å². The van der Waals surface area contributed by atoms with Crippen molar-refractivity contribution in [3.63, 3.8) is 0 Å². The van der Waals surface area contributed by atoms with Crippen LogP contribution in [0.4, 0.5) is 0 Å². The highest BCUT2D eigenvalue weighted by Crippen LogP contribution is 2.22. The summed E-state index contributed by atoms with van der Waals surface area (Å²) in [5, 5.41) is 0.0254. The molecule has 0 spiro atoms. The molecule has 1 aliphatic rings. The summed E-state index contributed by atoms with van der Waals surface area (Å²) in [5.74, 6) is 0. The fourth-order valence-electron chi connectivity index (χ4n) is 1.99. The summed E-state index contributed by atoms with van der Waals surface area (Å²) in [6.07, 6.45) is 2.81. The SMILES string of the molecule is CC1(NS(=O)(=O)c2ccc(CN)cn2)CCOCC1. The third kappa shape index (κ3) is 3.50. The number of pyridine rings is 1. The minimum absolute atomic E-state index is 0.0254. The molecule has 2 rings (SSSR count). The Kier molecular flexibility index (Phi) is 4.19. The van der Waals surface area contributed by atoms with Crippen LogP contribution in [-0.4, -0.2) is 32.2 Å². The average molecular weight is 285 g/mol. The predicted molar refractivity (Wildman–Crippen MR) is 70.9 cm³/mol. The molecule has 106 valence electrons. The first-order chi connectivity index (χ1) is 8.95. The molecule has 1 aliphatic heterocycles. The zero-order valence-corrected chi connectivity index (χ0v) is 11.7. The van der Waals surface area contributed by atoms with E-state index in [1.807, 2.05) is 6.92 Å². The number of ether oxygens (including phenoxy) is 1. The average Bonchev–Trinajstić information content (AvgIpc) is 2.38. The number of nitrogens with two attached hydrogens (primary N) is 1. The molecular formula is C12H19N3O3S. The van der Waals surface area contributed by atoms with Gasteiger partial charge in [-0.05, 0) is 31.4 Å². The van der Waals surface area contributed by atoms with Crippen LogP contribution in [0.3, 0.4) is 0 Å². The van der Waals surface area contributed by atoms with Crippen molar-refractivity contribution in [2.45, 2.75) is 36.9 Å². The lowest BCUT2D eigenvalue weighted by Gasteiger charge is -2.33. The first-order valence-corrected chi connectivity index (χ1v) is 7.70. The van der Waals surface area contributed by atoms with Crippen LogP contribution < -0.4 is 10.5 Å². The summed E-state index contributed by atoms with van der Waals surface area (Å²) in [5.41, 5.74) is 5.80. The molecule has 6 nitrogen and oxygen atoms in total. The zero-order valence-electron chi connectivity index (χ0n) is 10.9. The van der Waals surface area contributed by atoms with E-state index in [0.29, 0.717) is 32.6 Å². The van der Waals surface area contributed by atoms with Crippen LogP contribution in [0.5, 0.6) is 0 Å². The monoisotopic (exact) mass is 285 g/mol. The van der Waals surface area contributed by atoms with Gasteiger partial charge in [-0.1, -0.05) is 6.07 Å². The van der Waals surface area contributed by atoms with Crippen molar-refractivity contribution in [3.8, 4) is 0 Å². The second kappa shape index (κ2) is 5.54. The second-order valence-corrected chi connectivity index (χ2v) is 6.62. The fraction of sp³-hybridized carbons (Fsp3) is 0.583. The highest BCUT2D eigenvalue weighted by molar-refractivity contribution is 7.89. The van der Waals surface area contributed by atoms with Crippen LogP contribution in [0.1, 0.15) is 25.3 Å². The minimum Gasteiger partial charge on any atom is -0.381 e. The van der Waals surface area contributed by atoms with E-state index in [4.69, 9.17) is 10.5 Å². The van der Waals surface area contributed by atoms with Gasteiger partial charge in [0.25, 0.3) is 10.0 Å². The van der Waals surface area contributed by atoms with Crippen molar-refractivity contribution in [1.82, 2.24) is 9.71 Å². The summed E-state index contributed by atoms with van der Waals surface area (Å²) >= 11 is 0. The van der Waals surface area contributed by atoms with E-state index in [-0.39, 0.29) is 5.03 Å². The van der Waals surface area contributed by atoms with Crippen molar-refractivity contribution in [1.29, 1.82) is 0 Å². The maximum atomic E-state index is 12.3. The molecule has 0 radical (unpaired) electrons. The largest absolute Gasteiger partial charge is 0.381 e. The topological polar surface area (TPSA) is 94.3 Å². The normalized spacial score (nSPS) is 19.3. The summed E-state index contributed by atoms with van der Waals surface area (Å²) in [6, 6.07) is 3.15. The molecule has 19 heavy (non-hydrogen) atoms. The van der Waals surface area contributed by atoms with Crippen LogP contribution in [0.25, 0.3) is 0 Å². The van der Waals surface area contributed by atoms with E-state index in [0.717, 1.165) is 5.56 Å². The molecule has 1 fully saturated rings. The van der Waals surface area contributed by atoms with E-state index in [2.05, 4.69) is 9.71 Å². The summed E-state index contributed by atoms with van der Waals surface area (Å²) in [4.78, 5) is 3.96. The molecule has 1 saturated heterocycles. The van der Waals surface area contributed by atoms with Gasteiger partial charge in [-0.3, -0.25) is 0 Å². The number of aromatic nitrogens is 1. The van der Waals surface area contributed by atoms with Crippen LogP contribution in [-0.2, 0) is 21.3 Å². The second-order valence-electron chi connectivity index (χ2n) is 4.99. The molecule has 0 atom stereocenters. The number of hydrogen-bond acceptors (Lipinski definition) is 5. The van der Waals surface area contributed by atoms with Crippen molar-refractivity contribution in [2.24, 2.45) is 5.73 Å². The Hall–Kier alpha value is -1.02. The van der Waals surface area contributed by atoms with Crippen molar-refractivity contribution in [2.75, 3.05) is 13.2 Å². The van der Waals surface area contributed by atoms with E-state index < -0.39 is 15.6 Å². The number of nitrogens with one attached hydrogen (secondary N) is 1. The quantitative estimate of drug-likeness (QED) is 0.834. The van der Waals surface area contributed by atoms with Crippen LogP contribution in [0, 0.1) is 0 Å². The van der Waals surface area contributed by atoms with Gasteiger partial charge in [-0.25, -0.2) is 18.1 Å². The Morgan fingerprint density at radius 2 is 2.11 bits per heavy atom. The van der Waals surface area contributed by atoms with Gasteiger partial charge < -0.3 is 10.5 Å². The van der Waals surface area contributed by atoms with Gasteiger partial charge in [0.15, 0.2) is 5.03 Å². The Balaban J connectivity index is 2.17. The van der Waals surface area contributed by atoms with E-state index >= 15 is 0 Å². The lowest BCUT2D eigenvalue weighted by molar-refractivity contribution is 0.0537. The Morgan fingerprint density at radius 1 is 1.42 bits per heavy atom. The molecule has 0 aliphatic carbocycles. The standard InChI is InChI=1S/C12H19N3O3S/c1-12(4-6-18-7-5-12)15-19(16,17)11-3-2-10(8-13)9-14-11/h2-3,9,15H,4-8,13H2,1H3. The Morgan fingerprint density at radius 3 is 2.63 bits per heavy atom. The number of nitrogens with zero attached hydrogens (tertiary/aromatic N) is 1. The molecule has 0 bridgehead atoms. The third-order valence-corrected chi connectivity index (χ3v) is 4.84. The molecule has 7 heteroatoms. The summed E-state index contributed by atoms with van der Waals surface area (Å²) in [6.45, 7) is 3.37. The summed E-state index contributed by atoms with van der Waals surface area (Å²) < 4.78 is 32.5. The smallest absolute Gasteiger partial charge is 0.258 e. The van der Waals surface area contributed by atoms with Crippen molar-refractivity contribution in [3.05, 3.63) is 23.9 Å². The maximum absolute atomic E-state index is 12.3. The van der Waals surface area contributed by atoms with Gasteiger partial charge in [0.05, 0.1) is 0 Å². The first-order valence-electron chi connectivity index (χ1n) is 6.22. The van der Waals surface area contributed by atoms with Crippen molar-refractivity contribution >= 4 is 10.0 Å². The molecule has 0 aromatic carbocycles. The molecule has 2 heterocycles. The lowest BCUT2D eigenvalue weighted by Crippen LogP contribution is -2.49. The van der Waals surface area contributed by atoms with Gasteiger partial charge >= 0.3 is 0 Å². The predicted octanol–water partition coefficient (Wildman–Crippen LogP) is 0.388. The molecule has 0 amide bonds. The Labute approximate surface area is 113 Å². The molecule has 0 saturated carbocycles. The first kappa shape index (κ1) is 14.4. The molecule has 1 aromatic heterocycles. The van der Waals surface area contributed by atoms with Crippen LogP contribution in [0.15, 0.2) is 23.4 Å². The highest BCUT2D eigenvalue weighted by atomic mass is 32.2. The van der Waals surface area contributed by atoms with Crippen molar-refractivity contribution < 1.29 is 13.2 Å². The Bertz CT molecular complexity index is 522. The fourth-order valence-corrected chi connectivity index (χ4v) is 3.39. The summed E-state index contributed by atoms with van der Waals surface area (Å²) in [7, 11) is -3.60. The minimum atomic E-state index is -3.60. The van der Waals surface area contributed by atoms with Gasteiger partial charge in [-0.15, -0.1) is 0 Å². The zero-order chi connectivity index (χ0) is 13.9. The number of rotatable bonds is 4. The molecular weight excluding hydrogens is 266 g/mol. The molecule has 3 N–H and O–H groups in total. The maximum Gasteiger partial charge on any atom is 0.258 e. The van der Waals surface area contributed by atoms with Crippen LogP contribution >= 0.6 is 0 Å². The highest BCUT2D eigenvalue weighted by Gasteiger charge is 2.33. The number of hydrogen-bond donors (Lipinski definition) is 2. The van der Waals surface area contributed by atoms with Gasteiger partial charge in [-0.2, -0.15) is 0 Å². The molecule has 1 aromatic rings.